The van der Waals surface area contributed by atoms with E-state index in [1.165, 1.54) is 18.2 Å². The molecule has 0 aliphatic carbocycles. The van der Waals surface area contributed by atoms with E-state index in [0.717, 1.165) is 0 Å². The fraction of sp³-hybridized carbons (Fsp3) is 0.385. The molecule has 8 nitrogen and oxygen atoms in total. The summed E-state index contributed by atoms with van der Waals surface area (Å²) < 4.78 is 26.8. The van der Waals surface area contributed by atoms with E-state index < -0.39 is 27.7 Å². The molecule has 0 radical (unpaired) electrons. The number of imidazole rings is 1. The number of sulfonamides is 1. The van der Waals surface area contributed by atoms with Crippen LogP contribution in [-0.4, -0.2) is 35.5 Å². The molecule has 22 heavy (non-hydrogen) atoms. The number of fused-ring (bicyclic) bond motifs is 1. The zero-order valence-electron chi connectivity index (χ0n) is 12.1. The summed E-state index contributed by atoms with van der Waals surface area (Å²) in [6.07, 6.45) is 0.178. The van der Waals surface area contributed by atoms with Crippen molar-refractivity contribution in [3.8, 4) is 0 Å². The van der Waals surface area contributed by atoms with E-state index in [1.54, 1.807) is 13.8 Å². The van der Waals surface area contributed by atoms with Crippen molar-refractivity contribution in [3.05, 3.63) is 28.7 Å². The summed E-state index contributed by atoms with van der Waals surface area (Å²) in [7, 11) is -4.00. The molecule has 9 heteroatoms. The van der Waals surface area contributed by atoms with Crippen LogP contribution in [0.5, 0.6) is 0 Å². The van der Waals surface area contributed by atoms with Crippen molar-refractivity contribution in [2.45, 2.75) is 31.2 Å². The van der Waals surface area contributed by atoms with Crippen molar-refractivity contribution < 1.29 is 18.3 Å². The molecule has 0 amide bonds. The average Bonchev–Trinajstić information content (AvgIpc) is 2.75. The van der Waals surface area contributed by atoms with Gasteiger partial charge in [-0.25, -0.2) is 13.2 Å². The van der Waals surface area contributed by atoms with Crippen molar-refractivity contribution in [1.29, 1.82) is 0 Å². The first-order chi connectivity index (χ1) is 10.2. The van der Waals surface area contributed by atoms with Gasteiger partial charge in [0.05, 0.1) is 15.9 Å². The van der Waals surface area contributed by atoms with Crippen LogP contribution in [0.2, 0.25) is 0 Å². The normalized spacial score (nSPS) is 13.6. The first-order valence-electron chi connectivity index (χ1n) is 6.66. The quantitative estimate of drug-likeness (QED) is 0.618. The standard InChI is InChI=1S/C13H17N3O5S/c1-7(2)5-11(12(17)18)16-22(20,21)8-3-4-9-10(6-8)15-13(19)14-9/h3-4,6-7,11,16H,5H2,1-2H3,(H,17,18)(H2,14,15,19)/t11-/m1/s1. The van der Waals surface area contributed by atoms with Gasteiger partial charge in [-0.1, -0.05) is 13.8 Å². The van der Waals surface area contributed by atoms with Gasteiger partial charge in [0.25, 0.3) is 0 Å². The van der Waals surface area contributed by atoms with Crippen molar-refractivity contribution in [2.24, 2.45) is 5.92 Å². The topological polar surface area (TPSA) is 132 Å². The van der Waals surface area contributed by atoms with Crippen LogP contribution in [0.25, 0.3) is 11.0 Å². The number of carbonyl (C=O) groups is 1. The third-order valence-electron chi connectivity index (χ3n) is 3.10. The molecule has 1 heterocycles. The summed E-state index contributed by atoms with van der Waals surface area (Å²) in [5, 5.41) is 9.13. The molecule has 120 valence electrons. The Labute approximate surface area is 126 Å². The van der Waals surface area contributed by atoms with Crippen molar-refractivity contribution in [1.82, 2.24) is 14.7 Å². The van der Waals surface area contributed by atoms with Crippen molar-refractivity contribution in [3.63, 3.8) is 0 Å². The second kappa shape index (κ2) is 5.93. The SMILES string of the molecule is CC(C)C[C@@H](NS(=O)(=O)c1ccc2[nH]c(=O)[nH]c2c1)C(=O)O. The summed E-state index contributed by atoms with van der Waals surface area (Å²) >= 11 is 0. The molecule has 0 aliphatic heterocycles. The van der Waals surface area contributed by atoms with E-state index in [1.807, 2.05) is 0 Å². The van der Waals surface area contributed by atoms with E-state index >= 15 is 0 Å². The van der Waals surface area contributed by atoms with Crippen LogP contribution in [0.4, 0.5) is 0 Å². The number of aromatic amines is 2. The van der Waals surface area contributed by atoms with Gasteiger partial charge >= 0.3 is 11.7 Å². The molecule has 2 aromatic rings. The fourth-order valence-electron chi connectivity index (χ4n) is 2.10. The van der Waals surface area contributed by atoms with Gasteiger partial charge < -0.3 is 15.1 Å². The largest absolute Gasteiger partial charge is 0.480 e. The van der Waals surface area contributed by atoms with Gasteiger partial charge in [-0.05, 0) is 30.5 Å². The van der Waals surface area contributed by atoms with Gasteiger partial charge in [0.15, 0.2) is 0 Å². The molecule has 0 saturated carbocycles. The Morgan fingerprint density at radius 2 is 1.91 bits per heavy atom. The predicted octanol–water partition coefficient (Wildman–Crippen LogP) is 0.634. The van der Waals surface area contributed by atoms with Crippen LogP contribution in [0.15, 0.2) is 27.9 Å². The Kier molecular flexibility index (Phi) is 4.38. The highest BCUT2D eigenvalue weighted by Gasteiger charge is 2.26. The Bertz CT molecular complexity index is 850. The molecule has 1 atom stereocenters. The molecule has 2 rings (SSSR count). The number of carboxylic acids is 1. The van der Waals surface area contributed by atoms with Crippen molar-refractivity contribution >= 4 is 27.0 Å². The van der Waals surface area contributed by atoms with Gasteiger partial charge in [-0.3, -0.25) is 4.79 Å². The molecule has 0 saturated heterocycles. The Morgan fingerprint density at radius 3 is 2.50 bits per heavy atom. The molecule has 4 N–H and O–H groups in total. The van der Waals surface area contributed by atoms with Gasteiger partial charge in [0.2, 0.25) is 10.0 Å². The highest BCUT2D eigenvalue weighted by Crippen LogP contribution is 2.16. The predicted molar refractivity (Wildman–Crippen MR) is 80.1 cm³/mol. The first-order valence-corrected chi connectivity index (χ1v) is 8.14. The second-order valence-electron chi connectivity index (χ2n) is 5.43. The number of hydrogen-bond acceptors (Lipinski definition) is 4. The zero-order valence-corrected chi connectivity index (χ0v) is 12.9. The molecule has 0 spiro atoms. The van der Waals surface area contributed by atoms with Gasteiger partial charge in [0.1, 0.15) is 6.04 Å². The lowest BCUT2D eigenvalue weighted by atomic mass is 10.1. The lowest BCUT2D eigenvalue weighted by molar-refractivity contribution is -0.139. The number of benzene rings is 1. The number of rotatable bonds is 6. The minimum absolute atomic E-state index is 0.0207. The zero-order chi connectivity index (χ0) is 16.5. The molecule has 0 fully saturated rings. The van der Waals surface area contributed by atoms with Crippen LogP contribution in [0, 0.1) is 5.92 Å². The van der Waals surface area contributed by atoms with Crippen LogP contribution in [0.3, 0.4) is 0 Å². The van der Waals surface area contributed by atoms with E-state index in [2.05, 4.69) is 14.7 Å². The third kappa shape index (κ3) is 3.55. The van der Waals surface area contributed by atoms with E-state index in [0.29, 0.717) is 11.0 Å². The van der Waals surface area contributed by atoms with E-state index in [-0.39, 0.29) is 17.2 Å². The lowest BCUT2D eigenvalue weighted by Gasteiger charge is -2.16. The molecular formula is C13H17N3O5S. The average molecular weight is 327 g/mol. The van der Waals surface area contributed by atoms with Crippen LogP contribution in [-0.2, 0) is 14.8 Å². The first kappa shape index (κ1) is 16.2. The van der Waals surface area contributed by atoms with Crippen molar-refractivity contribution in [2.75, 3.05) is 0 Å². The molecule has 0 unspecified atom stereocenters. The maximum atomic E-state index is 12.3. The Morgan fingerprint density at radius 1 is 1.27 bits per heavy atom. The third-order valence-corrected chi connectivity index (χ3v) is 4.57. The van der Waals surface area contributed by atoms with E-state index in [9.17, 15) is 18.0 Å². The Hall–Kier alpha value is -2.13. The van der Waals surface area contributed by atoms with Gasteiger partial charge in [0, 0.05) is 0 Å². The number of aromatic nitrogens is 2. The molecule has 0 aliphatic rings. The fourth-order valence-corrected chi connectivity index (χ4v) is 3.33. The summed E-state index contributed by atoms with van der Waals surface area (Å²) in [5.41, 5.74) is 0.366. The highest BCUT2D eigenvalue weighted by molar-refractivity contribution is 7.89. The number of aliphatic carboxylic acids is 1. The van der Waals surface area contributed by atoms with Gasteiger partial charge in [-0.2, -0.15) is 4.72 Å². The number of hydrogen-bond donors (Lipinski definition) is 4. The van der Waals surface area contributed by atoms with Crippen LogP contribution in [0.1, 0.15) is 20.3 Å². The second-order valence-corrected chi connectivity index (χ2v) is 7.14. The molecule has 1 aromatic carbocycles. The van der Waals surface area contributed by atoms with Crippen LogP contribution >= 0.6 is 0 Å². The summed E-state index contributed by atoms with van der Waals surface area (Å²) in [6, 6.07) is 2.83. The number of carboxylic acid groups (broad SMARTS) is 1. The minimum atomic E-state index is -4.00. The lowest BCUT2D eigenvalue weighted by Crippen LogP contribution is -2.41. The minimum Gasteiger partial charge on any atom is -0.480 e. The monoisotopic (exact) mass is 327 g/mol. The summed E-state index contributed by atoms with van der Waals surface area (Å²) in [6.45, 7) is 3.61. The Balaban J connectivity index is 2.34. The molecule has 0 bridgehead atoms. The molecular weight excluding hydrogens is 310 g/mol. The summed E-state index contributed by atoms with van der Waals surface area (Å²) in [5.74, 6) is -1.21. The number of H-pyrrole nitrogens is 2. The molecule has 1 aromatic heterocycles. The number of nitrogens with one attached hydrogen (secondary N) is 3. The van der Waals surface area contributed by atoms with Crippen LogP contribution < -0.4 is 10.4 Å². The summed E-state index contributed by atoms with van der Waals surface area (Å²) in [4.78, 5) is 27.2. The maximum Gasteiger partial charge on any atom is 0.323 e. The van der Waals surface area contributed by atoms with E-state index in [4.69, 9.17) is 5.11 Å². The smallest absolute Gasteiger partial charge is 0.323 e. The maximum absolute atomic E-state index is 12.3. The highest BCUT2D eigenvalue weighted by atomic mass is 32.2. The van der Waals surface area contributed by atoms with Gasteiger partial charge in [-0.15, -0.1) is 0 Å².